The highest BCUT2D eigenvalue weighted by Gasteiger charge is 2.19. The van der Waals surface area contributed by atoms with Gasteiger partial charge < -0.3 is 14.9 Å². The van der Waals surface area contributed by atoms with Crippen LogP contribution >= 0.6 is 0 Å². The van der Waals surface area contributed by atoms with E-state index >= 15 is 0 Å². The number of esters is 1. The molecule has 0 saturated carbocycles. The van der Waals surface area contributed by atoms with E-state index in [9.17, 15) is 9.90 Å². The zero-order valence-corrected chi connectivity index (χ0v) is 9.28. The molecular weight excluding hydrogens is 184 g/mol. The molecule has 0 bridgehead atoms. The van der Waals surface area contributed by atoms with Crippen LogP contribution in [0.2, 0.25) is 0 Å². The highest BCUT2D eigenvalue weighted by Crippen LogP contribution is 2.10. The number of carbonyl (C=O) groups is 1. The van der Waals surface area contributed by atoms with Gasteiger partial charge >= 0.3 is 5.97 Å². The second kappa shape index (κ2) is 5.32. The number of hydrogen-bond acceptors (Lipinski definition) is 4. The summed E-state index contributed by atoms with van der Waals surface area (Å²) in [4.78, 5) is 11.2. The monoisotopic (exact) mass is 204 g/mol. The van der Waals surface area contributed by atoms with E-state index in [1.54, 1.807) is 27.7 Å². The lowest BCUT2D eigenvalue weighted by atomic mass is 10.1. The standard InChI is InChI=1S/C10H20O4/c1-7(11)5-8(12)6-9(13)14-10(2,3)4/h7-8,11-12H,5-6H2,1-4H3/t7-,8-/m0/s1. The molecular formula is C10H20O4. The fraction of sp³-hybridized carbons (Fsp3) is 0.900. The molecule has 84 valence electrons. The Labute approximate surface area is 84.9 Å². The maximum absolute atomic E-state index is 11.2. The smallest absolute Gasteiger partial charge is 0.308 e. The molecule has 0 aromatic rings. The summed E-state index contributed by atoms with van der Waals surface area (Å²) < 4.78 is 5.01. The van der Waals surface area contributed by atoms with Gasteiger partial charge in [-0.1, -0.05) is 0 Å². The Morgan fingerprint density at radius 3 is 2.21 bits per heavy atom. The van der Waals surface area contributed by atoms with Crippen LogP contribution in [0.25, 0.3) is 0 Å². The highest BCUT2D eigenvalue weighted by molar-refractivity contribution is 5.70. The zero-order valence-electron chi connectivity index (χ0n) is 9.28. The molecule has 4 heteroatoms. The number of carbonyl (C=O) groups excluding carboxylic acids is 1. The molecule has 0 aliphatic heterocycles. The van der Waals surface area contributed by atoms with Crippen molar-refractivity contribution in [2.45, 2.75) is 58.3 Å². The molecule has 0 aromatic heterocycles. The maximum Gasteiger partial charge on any atom is 0.308 e. The van der Waals surface area contributed by atoms with Gasteiger partial charge in [0.1, 0.15) is 5.60 Å². The van der Waals surface area contributed by atoms with Crippen LogP contribution in [-0.4, -0.2) is 34.0 Å². The molecule has 0 aromatic carbocycles. The lowest BCUT2D eigenvalue weighted by Crippen LogP contribution is -2.27. The minimum absolute atomic E-state index is 0.0673. The first-order valence-electron chi connectivity index (χ1n) is 4.78. The van der Waals surface area contributed by atoms with Gasteiger partial charge in [0, 0.05) is 0 Å². The minimum Gasteiger partial charge on any atom is -0.460 e. The number of rotatable bonds is 4. The molecule has 0 saturated heterocycles. The van der Waals surface area contributed by atoms with Gasteiger partial charge in [-0.2, -0.15) is 0 Å². The third kappa shape index (κ3) is 8.01. The van der Waals surface area contributed by atoms with Crippen molar-refractivity contribution in [3.8, 4) is 0 Å². The average molecular weight is 204 g/mol. The van der Waals surface area contributed by atoms with Crippen LogP contribution < -0.4 is 0 Å². The van der Waals surface area contributed by atoms with Crippen LogP contribution in [0.3, 0.4) is 0 Å². The Balaban J connectivity index is 3.83. The summed E-state index contributed by atoms with van der Waals surface area (Å²) in [6.07, 6.45) is -1.31. The van der Waals surface area contributed by atoms with E-state index in [-0.39, 0.29) is 12.8 Å². The van der Waals surface area contributed by atoms with Gasteiger partial charge in [0.2, 0.25) is 0 Å². The van der Waals surface area contributed by atoms with Crippen LogP contribution in [0.5, 0.6) is 0 Å². The van der Waals surface area contributed by atoms with E-state index in [1.807, 2.05) is 0 Å². The van der Waals surface area contributed by atoms with Crippen molar-refractivity contribution >= 4 is 5.97 Å². The SMILES string of the molecule is C[C@H](O)C[C@H](O)CC(=O)OC(C)(C)C. The molecule has 2 N–H and O–H groups in total. The lowest BCUT2D eigenvalue weighted by Gasteiger charge is -2.20. The van der Waals surface area contributed by atoms with Crippen molar-refractivity contribution in [3.05, 3.63) is 0 Å². The molecule has 0 aliphatic rings. The van der Waals surface area contributed by atoms with E-state index in [4.69, 9.17) is 9.84 Å². The van der Waals surface area contributed by atoms with Gasteiger partial charge in [-0.15, -0.1) is 0 Å². The predicted molar refractivity (Wildman–Crippen MR) is 52.8 cm³/mol. The van der Waals surface area contributed by atoms with Gasteiger partial charge in [0.05, 0.1) is 18.6 Å². The van der Waals surface area contributed by atoms with Gasteiger partial charge in [-0.05, 0) is 34.1 Å². The van der Waals surface area contributed by atoms with E-state index in [0.717, 1.165) is 0 Å². The zero-order chi connectivity index (χ0) is 11.4. The fourth-order valence-corrected chi connectivity index (χ4v) is 1.05. The van der Waals surface area contributed by atoms with Crippen molar-refractivity contribution < 1.29 is 19.7 Å². The van der Waals surface area contributed by atoms with Crippen molar-refractivity contribution in [3.63, 3.8) is 0 Å². The number of aliphatic hydroxyl groups excluding tert-OH is 2. The third-order valence-corrected chi connectivity index (χ3v) is 1.44. The minimum atomic E-state index is -0.829. The number of aliphatic hydroxyl groups is 2. The summed E-state index contributed by atoms with van der Waals surface area (Å²) in [7, 11) is 0. The van der Waals surface area contributed by atoms with Crippen LogP contribution in [0, 0.1) is 0 Å². The van der Waals surface area contributed by atoms with E-state index < -0.39 is 23.8 Å². The Kier molecular flexibility index (Phi) is 5.08. The first kappa shape index (κ1) is 13.4. The highest BCUT2D eigenvalue weighted by atomic mass is 16.6. The normalized spacial score (nSPS) is 16.1. The molecule has 0 aliphatic carbocycles. The first-order chi connectivity index (χ1) is 6.20. The topological polar surface area (TPSA) is 66.8 Å². The van der Waals surface area contributed by atoms with Gasteiger partial charge in [-0.3, -0.25) is 4.79 Å². The van der Waals surface area contributed by atoms with Crippen LogP contribution in [0.15, 0.2) is 0 Å². The fourth-order valence-electron chi connectivity index (χ4n) is 1.05. The molecule has 2 atom stereocenters. The van der Waals surface area contributed by atoms with E-state index in [0.29, 0.717) is 0 Å². The van der Waals surface area contributed by atoms with Crippen molar-refractivity contribution in [2.75, 3.05) is 0 Å². The lowest BCUT2D eigenvalue weighted by molar-refractivity contribution is -0.157. The first-order valence-corrected chi connectivity index (χ1v) is 4.78. The van der Waals surface area contributed by atoms with E-state index in [2.05, 4.69) is 0 Å². The number of hydrogen-bond donors (Lipinski definition) is 2. The van der Waals surface area contributed by atoms with Gasteiger partial charge in [0.25, 0.3) is 0 Å². The molecule has 14 heavy (non-hydrogen) atoms. The second-order valence-corrected chi connectivity index (χ2v) is 4.53. The average Bonchev–Trinajstić information content (AvgIpc) is 1.77. The van der Waals surface area contributed by atoms with Crippen molar-refractivity contribution in [1.29, 1.82) is 0 Å². The quantitative estimate of drug-likeness (QED) is 0.666. The summed E-state index contributed by atoms with van der Waals surface area (Å²) in [6, 6.07) is 0. The van der Waals surface area contributed by atoms with Crippen molar-refractivity contribution in [1.82, 2.24) is 0 Å². The summed E-state index contributed by atoms with van der Waals surface area (Å²) in [5.41, 5.74) is -0.526. The van der Waals surface area contributed by atoms with E-state index in [1.165, 1.54) is 0 Å². The molecule has 0 fully saturated rings. The maximum atomic E-state index is 11.2. The number of ether oxygens (including phenoxy) is 1. The summed E-state index contributed by atoms with van der Waals surface area (Å²) in [5, 5.41) is 18.3. The Morgan fingerprint density at radius 1 is 1.36 bits per heavy atom. The summed E-state index contributed by atoms with van der Waals surface area (Å²) in [6.45, 7) is 6.88. The third-order valence-electron chi connectivity index (χ3n) is 1.44. The molecule has 4 nitrogen and oxygen atoms in total. The summed E-state index contributed by atoms with van der Waals surface area (Å²) in [5.74, 6) is -0.439. The molecule has 0 radical (unpaired) electrons. The largest absolute Gasteiger partial charge is 0.460 e. The van der Waals surface area contributed by atoms with Gasteiger partial charge in [-0.25, -0.2) is 0 Å². The summed E-state index contributed by atoms with van der Waals surface area (Å²) >= 11 is 0. The Hall–Kier alpha value is -0.610. The molecule has 0 rings (SSSR count). The Bertz CT molecular complexity index is 181. The van der Waals surface area contributed by atoms with Crippen LogP contribution in [0.1, 0.15) is 40.5 Å². The molecule has 0 unspecified atom stereocenters. The second-order valence-electron chi connectivity index (χ2n) is 4.53. The van der Waals surface area contributed by atoms with Gasteiger partial charge in [0.15, 0.2) is 0 Å². The van der Waals surface area contributed by atoms with Crippen molar-refractivity contribution in [2.24, 2.45) is 0 Å². The van der Waals surface area contributed by atoms with Crippen LogP contribution in [-0.2, 0) is 9.53 Å². The molecule has 0 spiro atoms. The Morgan fingerprint density at radius 2 is 1.86 bits per heavy atom. The molecule has 0 amide bonds. The predicted octanol–water partition coefficient (Wildman–Crippen LogP) is 0.850. The molecule has 0 heterocycles. The van der Waals surface area contributed by atoms with Crippen LogP contribution in [0.4, 0.5) is 0 Å².